The molecule has 8 nitrogen and oxygen atoms in total. The smallest absolute Gasteiger partial charge is 0.249 e. The lowest BCUT2D eigenvalue weighted by atomic mass is 10.0. The summed E-state index contributed by atoms with van der Waals surface area (Å²) in [6.07, 6.45) is 3.74. The van der Waals surface area contributed by atoms with Crippen molar-refractivity contribution in [1.29, 1.82) is 5.26 Å². The van der Waals surface area contributed by atoms with Gasteiger partial charge in [-0.15, -0.1) is 5.10 Å². The van der Waals surface area contributed by atoms with Gasteiger partial charge in [0.2, 0.25) is 5.95 Å². The van der Waals surface area contributed by atoms with E-state index in [-0.39, 0.29) is 44.4 Å². The van der Waals surface area contributed by atoms with Crippen LogP contribution in [0.25, 0.3) is 10.9 Å². The van der Waals surface area contributed by atoms with Crippen LogP contribution in [-0.4, -0.2) is 31.6 Å². The van der Waals surface area contributed by atoms with E-state index in [2.05, 4.69) is 30.9 Å². The minimum absolute atomic E-state index is 0.0575. The molecule has 3 aromatic heterocycles. The quantitative estimate of drug-likeness (QED) is 0.160. The number of hydrogen-bond acceptors (Lipinski definition) is 7. The first-order chi connectivity index (χ1) is 19.6. The number of benzene rings is 2. The molecule has 40 heavy (non-hydrogen) atoms. The predicted octanol–water partition coefficient (Wildman–Crippen LogP) is 6.64. The van der Waals surface area contributed by atoms with Crippen LogP contribution >= 0.6 is 11.6 Å². The van der Waals surface area contributed by atoms with Crippen LogP contribution in [0.15, 0.2) is 61.1 Å². The second kappa shape index (κ2) is 11.2. The van der Waals surface area contributed by atoms with Crippen LogP contribution in [0.3, 0.4) is 0 Å². The number of aromatic nitrogens is 5. The van der Waals surface area contributed by atoms with Crippen molar-refractivity contribution in [2.24, 2.45) is 0 Å². The zero-order valence-corrected chi connectivity index (χ0v) is 21.4. The fourth-order valence-electron chi connectivity index (χ4n) is 3.91. The topological polar surface area (TPSA) is 104 Å². The van der Waals surface area contributed by atoms with Crippen LogP contribution in [-0.2, 0) is 0 Å². The zero-order chi connectivity index (χ0) is 29.3. The van der Waals surface area contributed by atoms with Crippen molar-refractivity contribution < 1.29 is 18.9 Å². The van der Waals surface area contributed by atoms with E-state index in [9.17, 15) is 24.2 Å². The average molecular weight is 568 g/mol. The molecule has 0 bridgehead atoms. The molecule has 2 aromatic carbocycles. The first kappa shape index (κ1) is 25.5. The second-order valence-corrected chi connectivity index (χ2v) is 9.14. The second-order valence-electron chi connectivity index (χ2n) is 8.73. The van der Waals surface area contributed by atoms with Crippen molar-refractivity contribution in [3.63, 3.8) is 0 Å². The summed E-state index contributed by atoms with van der Waals surface area (Å²) in [5, 5.41) is 24.1. The number of pyridine rings is 2. The number of nitrogens with one attached hydrogen (secondary N) is 2. The standard InChI is InChI=1S/C27H19ClF4N8/c1-14(9-29)40-13-23(38-39-40)25(15-2-4-17(30)5-3-15)36-18-6-20-24(37-19-8-22(31)27(32)35-12-19)16(10-33)11-34-26(20)21(28)7-18/h2-8,11-14,25,36H,9H2,1H3,(H,34,37)/t14-,25-/m0/s1/i25D. The number of fused-ring (bicyclic) bond motifs is 1. The summed E-state index contributed by atoms with van der Waals surface area (Å²) < 4.78 is 65.0. The highest BCUT2D eigenvalue weighted by Crippen LogP contribution is 2.36. The van der Waals surface area contributed by atoms with Crippen molar-refractivity contribution in [2.45, 2.75) is 19.0 Å². The van der Waals surface area contributed by atoms with Gasteiger partial charge in [0.05, 0.1) is 53.3 Å². The summed E-state index contributed by atoms with van der Waals surface area (Å²) in [5.74, 6) is -2.99. The number of nitrogens with zero attached hydrogens (tertiary/aromatic N) is 6. The Balaban J connectivity index is 1.65. The van der Waals surface area contributed by atoms with Crippen LogP contribution in [0, 0.1) is 28.9 Å². The summed E-state index contributed by atoms with van der Waals surface area (Å²) in [7, 11) is 0. The van der Waals surface area contributed by atoms with E-state index in [0.717, 1.165) is 12.3 Å². The normalized spacial score (nSPS) is 13.8. The molecule has 3 heterocycles. The molecule has 0 fully saturated rings. The molecule has 0 spiro atoms. The van der Waals surface area contributed by atoms with Gasteiger partial charge in [0.15, 0.2) is 5.82 Å². The summed E-state index contributed by atoms with van der Waals surface area (Å²) in [6, 6.07) is 8.57. The molecule has 0 radical (unpaired) electrons. The Morgan fingerprint density at radius 2 is 1.88 bits per heavy atom. The number of alkyl halides is 1. The van der Waals surface area contributed by atoms with Crippen LogP contribution in [0.4, 0.5) is 34.6 Å². The molecule has 0 amide bonds. The Kier molecular flexibility index (Phi) is 7.11. The molecule has 0 unspecified atom stereocenters. The first-order valence-corrected chi connectivity index (χ1v) is 12.1. The third-order valence-electron chi connectivity index (χ3n) is 5.95. The number of halogens is 5. The van der Waals surface area contributed by atoms with Gasteiger partial charge >= 0.3 is 0 Å². The Hall–Kier alpha value is -4.76. The molecule has 2 N–H and O–H groups in total. The van der Waals surface area contributed by atoms with E-state index >= 15 is 0 Å². The van der Waals surface area contributed by atoms with Gasteiger partial charge in [-0.2, -0.15) is 9.65 Å². The highest BCUT2D eigenvalue weighted by molar-refractivity contribution is 6.36. The van der Waals surface area contributed by atoms with Gasteiger partial charge in [-0.05, 0) is 36.8 Å². The molecule has 0 saturated carbocycles. The Bertz CT molecular complexity index is 1790. The van der Waals surface area contributed by atoms with Gasteiger partial charge in [-0.1, -0.05) is 28.9 Å². The maximum Gasteiger partial charge on any atom is 0.249 e. The van der Waals surface area contributed by atoms with E-state index in [4.69, 9.17) is 11.6 Å². The van der Waals surface area contributed by atoms with Crippen LogP contribution < -0.4 is 10.6 Å². The highest BCUT2D eigenvalue weighted by Gasteiger charge is 2.21. The van der Waals surface area contributed by atoms with Gasteiger partial charge in [-0.25, -0.2) is 22.8 Å². The number of hydrogen-bond donors (Lipinski definition) is 2. The largest absolute Gasteiger partial charge is 0.373 e. The summed E-state index contributed by atoms with van der Waals surface area (Å²) in [6.45, 7) is 0.880. The van der Waals surface area contributed by atoms with Crippen molar-refractivity contribution >= 4 is 39.6 Å². The van der Waals surface area contributed by atoms with Crippen molar-refractivity contribution in [1.82, 2.24) is 25.0 Å². The SMILES string of the molecule is [2H][C@](Nc1cc(Cl)c2ncc(C#N)c(Nc3cnc(F)c(F)c3)c2c1)(c1ccc(F)cc1)c1cn([C@@H](C)CF)nn1. The van der Waals surface area contributed by atoms with Crippen molar-refractivity contribution in [3.05, 3.63) is 100 Å². The van der Waals surface area contributed by atoms with E-state index < -0.39 is 36.3 Å². The predicted molar refractivity (Wildman–Crippen MR) is 141 cm³/mol. The highest BCUT2D eigenvalue weighted by atomic mass is 35.5. The van der Waals surface area contributed by atoms with Crippen LogP contribution in [0.5, 0.6) is 0 Å². The number of nitriles is 1. The van der Waals surface area contributed by atoms with Crippen LogP contribution in [0.1, 0.15) is 37.2 Å². The summed E-state index contributed by atoms with van der Waals surface area (Å²) in [5.41, 5.74) is 1.20. The molecular weight excluding hydrogens is 548 g/mol. The summed E-state index contributed by atoms with van der Waals surface area (Å²) in [4.78, 5) is 7.62. The van der Waals surface area contributed by atoms with Gasteiger partial charge in [0, 0.05) is 23.3 Å². The van der Waals surface area contributed by atoms with E-state index in [1.165, 1.54) is 47.4 Å². The zero-order valence-electron chi connectivity index (χ0n) is 21.6. The van der Waals surface area contributed by atoms with Gasteiger partial charge in [0.25, 0.3) is 0 Å². The van der Waals surface area contributed by atoms with Gasteiger partial charge in [-0.3, -0.25) is 4.98 Å². The lowest BCUT2D eigenvalue weighted by molar-refractivity contribution is 0.351. The molecular formula is C27H19ClF4N8. The van der Waals surface area contributed by atoms with Crippen LogP contribution in [0.2, 0.25) is 5.02 Å². The van der Waals surface area contributed by atoms with E-state index in [1.54, 1.807) is 13.0 Å². The molecule has 0 aliphatic carbocycles. The Labute approximate surface area is 231 Å². The number of anilines is 3. The fraction of sp³-hybridized carbons (Fsp3) is 0.148. The molecule has 5 aromatic rings. The van der Waals surface area contributed by atoms with Crippen molar-refractivity contribution in [3.8, 4) is 6.07 Å². The summed E-state index contributed by atoms with van der Waals surface area (Å²) >= 11 is 6.57. The van der Waals surface area contributed by atoms with E-state index in [1.807, 2.05) is 6.07 Å². The van der Waals surface area contributed by atoms with Gasteiger partial charge in [0.1, 0.15) is 24.3 Å². The molecule has 13 heteroatoms. The molecule has 5 rings (SSSR count). The minimum Gasteiger partial charge on any atom is -0.373 e. The minimum atomic E-state index is -1.86. The molecule has 2 atom stereocenters. The van der Waals surface area contributed by atoms with Crippen molar-refractivity contribution in [2.75, 3.05) is 17.3 Å². The lowest BCUT2D eigenvalue weighted by Crippen LogP contribution is -2.13. The lowest BCUT2D eigenvalue weighted by Gasteiger charge is -2.20. The molecule has 0 aliphatic heterocycles. The Morgan fingerprint density at radius 3 is 2.58 bits per heavy atom. The Morgan fingerprint density at radius 1 is 1.10 bits per heavy atom. The molecule has 0 aliphatic rings. The van der Waals surface area contributed by atoms with E-state index in [0.29, 0.717) is 5.39 Å². The third-order valence-corrected chi connectivity index (χ3v) is 6.24. The number of rotatable bonds is 8. The monoisotopic (exact) mass is 567 g/mol. The maximum absolute atomic E-state index is 13.9. The fourth-order valence-corrected chi connectivity index (χ4v) is 4.18. The van der Waals surface area contributed by atoms with Gasteiger partial charge < -0.3 is 10.6 Å². The third kappa shape index (κ3) is 5.37. The average Bonchev–Trinajstić information content (AvgIpc) is 3.46. The molecule has 0 saturated heterocycles. The molecule has 202 valence electrons. The first-order valence-electron chi connectivity index (χ1n) is 12.3. The maximum atomic E-state index is 13.9.